The molecule has 0 spiro atoms. The zero-order valence-electron chi connectivity index (χ0n) is 4.41. The standard InChI is InChI=1S/C2H7NO.Ag.NO3/c3-1-2-4;;2-1(3)4/h4H,1-3H2;;/q;+1;-1. The van der Waals surface area contributed by atoms with Gasteiger partial charge in [0.05, 0.1) is 11.7 Å². The van der Waals surface area contributed by atoms with Crippen molar-refractivity contribution in [3.8, 4) is 0 Å². The minimum absolute atomic E-state index is 0. The Hall–Kier alpha value is -0.140. The van der Waals surface area contributed by atoms with Crippen LogP contribution in [0.3, 0.4) is 0 Å². The molecule has 0 bridgehead atoms. The maximum absolute atomic E-state index is 8.25. The third kappa shape index (κ3) is 365. The molecule has 0 rings (SSSR count). The van der Waals surface area contributed by atoms with E-state index < -0.39 is 5.09 Å². The molecule has 0 unspecified atom stereocenters. The first-order chi connectivity index (χ1) is 3.65. The molecule has 0 saturated heterocycles. The van der Waals surface area contributed by atoms with Crippen molar-refractivity contribution in [1.29, 1.82) is 0 Å². The third-order valence-corrected chi connectivity index (χ3v) is 0.129. The predicted octanol–water partition coefficient (Wildman–Crippen LogP) is -1.30. The number of nitrogens with two attached hydrogens (primary N) is 1. The van der Waals surface area contributed by atoms with Crippen LogP contribution in [0.4, 0.5) is 0 Å². The summed E-state index contributed by atoms with van der Waals surface area (Å²) >= 11 is 0. The second-order valence-corrected chi connectivity index (χ2v) is 0.736. The molecule has 60 valence electrons. The average molecular weight is 231 g/mol. The van der Waals surface area contributed by atoms with Gasteiger partial charge in [0.2, 0.25) is 0 Å². The summed E-state index contributed by atoms with van der Waals surface area (Å²) in [6.45, 7) is 0.472. The van der Waals surface area contributed by atoms with Gasteiger partial charge in [-0.2, -0.15) is 0 Å². The fraction of sp³-hybridized carbons (Fsp3) is 1.00. The molecule has 0 aliphatic heterocycles. The monoisotopic (exact) mass is 230 g/mol. The van der Waals surface area contributed by atoms with Crippen molar-refractivity contribution in [2.24, 2.45) is 5.73 Å². The number of aliphatic hydroxyl groups is 1. The second-order valence-electron chi connectivity index (χ2n) is 0.736. The second kappa shape index (κ2) is 15.7. The van der Waals surface area contributed by atoms with Crippen molar-refractivity contribution < 1.29 is 32.6 Å². The summed E-state index contributed by atoms with van der Waals surface area (Å²) in [5, 5.41) is 22.5. The van der Waals surface area contributed by atoms with E-state index in [0.29, 0.717) is 6.54 Å². The number of hydrogen-bond donors (Lipinski definition) is 2. The van der Waals surface area contributed by atoms with Gasteiger partial charge in [-0.3, -0.25) is 0 Å². The zero-order valence-corrected chi connectivity index (χ0v) is 5.89. The van der Waals surface area contributed by atoms with Gasteiger partial charge < -0.3 is 26.2 Å². The van der Waals surface area contributed by atoms with Gasteiger partial charge in [-0.15, -0.1) is 0 Å². The molecule has 0 aromatic heterocycles. The predicted molar refractivity (Wildman–Crippen MR) is 26.5 cm³/mol. The van der Waals surface area contributed by atoms with E-state index in [4.69, 9.17) is 26.2 Å². The van der Waals surface area contributed by atoms with Crippen LogP contribution in [0, 0.1) is 15.3 Å². The van der Waals surface area contributed by atoms with Crippen molar-refractivity contribution in [3.63, 3.8) is 0 Å². The Labute approximate surface area is 67.3 Å². The number of hydrogen-bond acceptors (Lipinski definition) is 5. The van der Waals surface area contributed by atoms with Gasteiger partial charge in [-0.05, 0) is 0 Å². The Bertz CT molecular complexity index is 54.5. The van der Waals surface area contributed by atoms with Crippen LogP contribution >= 0.6 is 0 Å². The Kier molecular flexibility index (Phi) is 27.7. The fourth-order valence-corrected chi connectivity index (χ4v) is 0. The first kappa shape index (κ1) is 15.9. The van der Waals surface area contributed by atoms with E-state index in [2.05, 4.69) is 0 Å². The summed E-state index contributed by atoms with van der Waals surface area (Å²) in [5.74, 6) is 0. The van der Waals surface area contributed by atoms with E-state index in [0.717, 1.165) is 0 Å². The molecule has 0 radical (unpaired) electrons. The topological polar surface area (TPSA) is 112 Å². The smallest absolute Gasteiger partial charge is 0.395 e. The van der Waals surface area contributed by atoms with E-state index in [1.807, 2.05) is 0 Å². The maximum Gasteiger partial charge on any atom is 1.00 e. The van der Waals surface area contributed by atoms with Crippen molar-refractivity contribution in [3.05, 3.63) is 15.3 Å². The molecule has 0 aromatic carbocycles. The Morgan fingerprint density at radius 1 is 1.56 bits per heavy atom. The SMILES string of the molecule is NCCO.O=[N+]([O-])[O-].[Ag+]. The van der Waals surface area contributed by atoms with Gasteiger partial charge in [0.15, 0.2) is 0 Å². The van der Waals surface area contributed by atoms with Crippen LogP contribution in [0.25, 0.3) is 0 Å². The molecular formula is C2H7AgN2O4. The normalized spacial score (nSPS) is 6.00. The number of rotatable bonds is 1. The van der Waals surface area contributed by atoms with Gasteiger partial charge in [0.1, 0.15) is 0 Å². The van der Waals surface area contributed by atoms with Crippen molar-refractivity contribution in [1.82, 2.24) is 0 Å². The minimum atomic E-state index is -1.75. The van der Waals surface area contributed by atoms with Gasteiger partial charge in [0, 0.05) is 6.54 Å². The van der Waals surface area contributed by atoms with Gasteiger partial charge in [-0.1, -0.05) is 0 Å². The van der Waals surface area contributed by atoms with Crippen LogP contribution in [0.2, 0.25) is 0 Å². The summed E-state index contributed by atoms with van der Waals surface area (Å²) in [6.07, 6.45) is 0. The number of aliphatic hydroxyl groups excluding tert-OH is 1. The van der Waals surface area contributed by atoms with E-state index in [1.165, 1.54) is 0 Å². The van der Waals surface area contributed by atoms with Crippen LogP contribution in [0.15, 0.2) is 0 Å². The Morgan fingerprint density at radius 3 is 1.67 bits per heavy atom. The van der Waals surface area contributed by atoms with E-state index >= 15 is 0 Å². The zero-order chi connectivity index (χ0) is 6.99. The van der Waals surface area contributed by atoms with Gasteiger partial charge in [-0.25, -0.2) is 0 Å². The molecule has 3 N–H and O–H groups in total. The fourth-order valence-electron chi connectivity index (χ4n) is 0. The van der Waals surface area contributed by atoms with Crippen molar-refractivity contribution >= 4 is 0 Å². The summed E-state index contributed by atoms with van der Waals surface area (Å²) < 4.78 is 0. The minimum Gasteiger partial charge on any atom is -0.395 e. The quantitative estimate of drug-likeness (QED) is 0.330. The molecule has 0 amide bonds. The van der Waals surface area contributed by atoms with Gasteiger partial charge >= 0.3 is 22.4 Å². The summed E-state index contributed by atoms with van der Waals surface area (Å²) in [4.78, 5) is 8.25. The molecule has 0 aliphatic rings. The molecule has 0 fully saturated rings. The first-order valence-electron chi connectivity index (χ1n) is 1.77. The van der Waals surface area contributed by atoms with Crippen LogP contribution in [0.5, 0.6) is 0 Å². The molecule has 0 saturated carbocycles. The molecule has 7 heteroatoms. The van der Waals surface area contributed by atoms with Crippen LogP contribution in [-0.4, -0.2) is 23.3 Å². The Morgan fingerprint density at radius 2 is 1.67 bits per heavy atom. The number of nitrogens with zero attached hydrogens (tertiary/aromatic N) is 1. The molecule has 0 atom stereocenters. The molecule has 6 nitrogen and oxygen atoms in total. The average Bonchev–Trinajstić information content (AvgIpc) is 1.65. The van der Waals surface area contributed by atoms with E-state index in [9.17, 15) is 0 Å². The van der Waals surface area contributed by atoms with Crippen LogP contribution in [0.1, 0.15) is 0 Å². The molecule has 0 aliphatic carbocycles. The van der Waals surface area contributed by atoms with Crippen LogP contribution < -0.4 is 5.73 Å². The first-order valence-corrected chi connectivity index (χ1v) is 1.77. The Balaban J connectivity index is -0.0000000720. The van der Waals surface area contributed by atoms with E-state index in [-0.39, 0.29) is 29.0 Å². The maximum atomic E-state index is 8.25. The molecule has 9 heavy (non-hydrogen) atoms. The summed E-state index contributed by atoms with van der Waals surface area (Å²) in [7, 11) is 0. The van der Waals surface area contributed by atoms with Gasteiger partial charge in [0.25, 0.3) is 0 Å². The molecule has 0 heterocycles. The third-order valence-electron chi connectivity index (χ3n) is 0.129. The van der Waals surface area contributed by atoms with Crippen molar-refractivity contribution in [2.45, 2.75) is 0 Å². The molecular weight excluding hydrogens is 224 g/mol. The van der Waals surface area contributed by atoms with Crippen LogP contribution in [-0.2, 0) is 22.4 Å². The largest absolute Gasteiger partial charge is 1.00 e. The molecule has 0 aromatic rings. The summed E-state index contributed by atoms with van der Waals surface area (Å²) in [5.41, 5.74) is 4.78. The van der Waals surface area contributed by atoms with Crippen molar-refractivity contribution in [2.75, 3.05) is 13.2 Å². The summed E-state index contributed by atoms with van der Waals surface area (Å²) in [6, 6.07) is 0. The van der Waals surface area contributed by atoms with E-state index in [1.54, 1.807) is 0 Å².